The maximum atomic E-state index is 12.4. The van der Waals surface area contributed by atoms with Crippen molar-refractivity contribution in [2.24, 2.45) is 40.4 Å². The molecule has 0 radical (unpaired) electrons. The average Bonchev–Trinajstić information content (AvgIpc) is 3.24. The number of hydrogen-bond donors (Lipinski definition) is 3. The fourth-order valence-electron chi connectivity index (χ4n) is 9.38. The highest BCUT2D eigenvalue weighted by Crippen LogP contribution is 2.67. The van der Waals surface area contributed by atoms with Crippen LogP contribution in [0.2, 0.25) is 0 Å². The zero-order chi connectivity index (χ0) is 28.2. The zero-order valence-electron chi connectivity index (χ0n) is 24.7. The summed E-state index contributed by atoms with van der Waals surface area (Å²) in [5.74, 6) is 2.37. The van der Waals surface area contributed by atoms with Gasteiger partial charge in [-0.05, 0) is 85.4 Å². The molecular weight excluding hydrogens is 492 g/mol. The summed E-state index contributed by atoms with van der Waals surface area (Å²) >= 11 is 0. The third-order valence-corrected chi connectivity index (χ3v) is 11.4. The molecule has 0 bridgehead atoms. The molecule has 0 aromatic rings. The second kappa shape index (κ2) is 12.6. The van der Waals surface area contributed by atoms with Gasteiger partial charge in [0.15, 0.2) is 0 Å². The lowest BCUT2D eigenvalue weighted by Crippen LogP contribution is -2.51. The quantitative estimate of drug-likeness (QED) is 0.157. The molecule has 39 heavy (non-hydrogen) atoms. The molecule has 0 spiro atoms. The number of carbonyl (C=O) groups excluding carboxylic acids is 2. The summed E-state index contributed by atoms with van der Waals surface area (Å²) in [5, 5.41) is 13.8. The van der Waals surface area contributed by atoms with Crippen molar-refractivity contribution in [2.75, 3.05) is 13.1 Å². The van der Waals surface area contributed by atoms with Crippen LogP contribution in [0.4, 0.5) is 4.79 Å². The second-order valence-electron chi connectivity index (χ2n) is 13.6. The fourth-order valence-corrected chi connectivity index (χ4v) is 9.38. The number of carboxylic acids is 1. The Morgan fingerprint density at radius 3 is 2.56 bits per heavy atom. The highest BCUT2D eigenvalue weighted by atomic mass is 16.6. The van der Waals surface area contributed by atoms with Crippen LogP contribution in [-0.4, -0.2) is 42.3 Å². The number of carboxylic acid groups (broad SMARTS) is 1. The summed E-state index contributed by atoms with van der Waals surface area (Å²) in [6.07, 6.45) is 16.3. The van der Waals surface area contributed by atoms with E-state index in [1.807, 2.05) is 0 Å². The van der Waals surface area contributed by atoms with Crippen molar-refractivity contribution in [3.05, 3.63) is 11.6 Å². The SMILES string of the molecule is CCCCC[C@@H](C)[C@H]1CC[C@H]2[C@@H]3CC=C4C[C@@H](OC(=O)NCCNC(=O)CC(=O)O)CC[C@]4(C)[C@H]3CC[C@]12C. The van der Waals surface area contributed by atoms with Crippen LogP contribution in [-0.2, 0) is 14.3 Å². The molecule has 3 fully saturated rings. The molecule has 4 aliphatic rings. The van der Waals surface area contributed by atoms with Gasteiger partial charge >= 0.3 is 12.1 Å². The Labute approximate surface area is 235 Å². The number of ether oxygens (including phenoxy) is 1. The highest BCUT2D eigenvalue weighted by molar-refractivity contribution is 5.93. The number of amides is 2. The van der Waals surface area contributed by atoms with Gasteiger partial charge in [0, 0.05) is 19.5 Å². The number of alkyl carbamates (subject to hydrolysis) is 1. The number of fused-ring (bicyclic) bond motifs is 5. The molecule has 7 nitrogen and oxygen atoms in total. The minimum Gasteiger partial charge on any atom is -0.481 e. The monoisotopic (exact) mass is 544 g/mol. The Morgan fingerprint density at radius 2 is 1.82 bits per heavy atom. The Balaban J connectivity index is 1.30. The molecule has 0 aliphatic heterocycles. The average molecular weight is 545 g/mol. The van der Waals surface area contributed by atoms with E-state index < -0.39 is 24.4 Å². The summed E-state index contributed by atoms with van der Waals surface area (Å²) in [5.41, 5.74) is 2.22. The number of hydrogen-bond acceptors (Lipinski definition) is 4. The molecule has 220 valence electrons. The number of aliphatic carboxylic acids is 1. The summed E-state index contributed by atoms with van der Waals surface area (Å²) in [6.45, 7) is 10.4. The molecule has 0 aromatic heterocycles. The van der Waals surface area contributed by atoms with Crippen LogP contribution in [0.3, 0.4) is 0 Å². The number of unbranched alkanes of at least 4 members (excludes halogenated alkanes) is 2. The Morgan fingerprint density at radius 1 is 1.05 bits per heavy atom. The van der Waals surface area contributed by atoms with E-state index in [4.69, 9.17) is 9.84 Å². The molecule has 2 amide bonds. The van der Waals surface area contributed by atoms with Gasteiger partial charge in [-0.3, -0.25) is 9.59 Å². The van der Waals surface area contributed by atoms with Gasteiger partial charge in [0.1, 0.15) is 12.5 Å². The van der Waals surface area contributed by atoms with Crippen molar-refractivity contribution >= 4 is 18.0 Å². The lowest BCUT2D eigenvalue weighted by molar-refractivity contribution is -0.140. The molecule has 0 saturated heterocycles. The lowest BCUT2D eigenvalue weighted by Gasteiger charge is -2.58. The Bertz CT molecular complexity index is 934. The smallest absolute Gasteiger partial charge is 0.407 e. The molecule has 3 saturated carbocycles. The third-order valence-electron chi connectivity index (χ3n) is 11.4. The van der Waals surface area contributed by atoms with Crippen LogP contribution >= 0.6 is 0 Å². The molecule has 7 heteroatoms. The first-order valence-electron chi connectivity index (χ1n) is 15.7. The summed E-state index contributed by atoms with van der Waals surface area (Å²) in [4.78, 5) is 34.3. The normalized spacial score (nSPS) is 36.0. The van der Waals surface area contributed by atoms with Crippen LogP contribution in [0.15, 0.2) is 11.6 Å². The van der Waals surface area contributed by atoms with E-state index in [-0.39, 0.29) is 24.6 Å². The van der Waals surface area contributed by atoms with Gasteiger partial charge in [0.2, 0.25) is 5.91 Å². The van der Waals surface area contributed by atoms with Crippen LogP contribution in [0, 0.1) is 40.4 Å². The summed E-state index contributed by atoms with van der Waals surface area (Å²) in [6, 6.07) is 0. The largest absolute Gasteiger partial charge is 0.481 e. The van der Waals surface area contributed by atoms with Gasteiger partial charge in [-0.1, -0.05) is 65.0 Å². The maximum Gasteiger partial charge on any atom is 0.407 e. The maximum absolute atomic E-state index is 12.4. The fraction of sp³-hybridized carbons (Fsp3) is 0.844. The second-order valence-corrected chi connectivity index (χ2v) is 13.6. The first-order chi connectivity index (χ1) is 18.6. The predicted octanol–water partition coefficient (Wildman–Crippen LogP) is 6.47. The minimum atomic E-state index is -1.17. The Kier molecular flexibility index (Phi) is 9.69. The third kappa shape index (κ3) is 6.48. The highest BCUT2D eigenvalue weighted by Gasteiger charge is 2.59. The lowest BCUT2D eigenvalue weighted by atomic mass is 9.47. The molecule has 0 aromatic carbocycles. The predicted molar refractivity (Wildman–Crippen MR) is 152 cm³/mol. The van der Waals surface area contributed by atoms with Crippen molar-refractivity contribution in [3.8, 4) is 0 Å². The van der Waals surface area contributed by atoms with Crippen LogP contribution < -0.4 is 10.6 Å². The number of nitrogens with one attached hydrogen (secondary N) is 2. The van der Waals surface area contributed by atoms with Crippen molar-refractivity contribution in [1.29, 1.82) is 0 Å². The Hall–Kier alpha value is -2.05. The first-order valence-corrected chi connectivity index (χ1v) is 15.7. The van der Waals surface area contributed by atoms with E-state index in [0.29, 0.717) is 5.41 Å². The van der Waals surface area contributed by atoms with E-state index in [9.17, 15) is 14.4 Å². The molecule has 8 atom stereocenters. The molecule has 3 N–H and O–H groups in total. The van der Waals surface area contributed by atoms with Crippen molar-refractivity contribution in [1.82, 2.24) is 10.6 Å². The van der Waals surface area contributed by atoms with Crippen LogP contribution in [0.25, 0.3) is 0 Å². The van der Waals surface area contributed by atoms with E-state index in [1.54, 1.807) is 0 Å². The topological polar surface area (TPSA) is 105 Å². The summed E-state index contributed by atoms with van der Waals surface area (Å²) < 4.78 is 5.76. The number of rotatable bonds is 11. The van der Waals surface area contributed by atoms with Crippen molar-refractivity contribution in [3.63, 3.8) is 0 Å². The molecular formula is C32H52N2O5. The number of allylic oxidation sites excluding steroid dienone is 1. The van der Waals surface area contributed by atoms with Gasteiger partial charge < -0.3 is 20.5 Å². The van der Waals surface area contributed by atoms with E-state index in [0.717, 1.165) is 48.9 Å². The molecule has 0 unspecified atom stereocenters. The van der Waals surface area contributed by atoms with Crippen LogP contribution in [0.5, 0.6) is 0 Å². The van der Waals surface area contributed by atoms with Crippen molar-refractivity contribution in [2.45, 2.75) is 117 Å². The van der Waals surface area contributed by atoms with E-state index in [1.165, 1.54) is 63.4 Å². The van der Waals surface area contributed by atoms with E-state index in [2.05, 4.69) is 44.4 Å². The van der Waals surface area contributed by atoms with Gasteiger partial charge in [-0.15, -0.1) is 0 Å². The minimum absolute atomic E-state index is 0.115. The molecule has 4 rings (SSSR count). The van der Waals surface area contributed by atoms with E-state index >= 15 is 0 Å². The van der Waals surface area contributed by atoms with Gasteiger partial charge in [0.05, 0.1) is 0 Å². The summed E-state index contributed by atoms with van der Waals surface area (Å²) in [7, 11) is 0. The van der Waals surface area contributed by atoms with Gasteiger partial charge in [-0.2, -0.15) is 0 Å². The van der Waals surface area contributed by atoms with Gasteiger partial charge in [0.25, 0.3) is 0 Å². The van der Waals surface area contributed by atoms with Crippen molar-refractivity contribution < 1.29 is 24.2 Å². The molecule has 0 heterocycles. The van der Waals surface area contributed by atoms with Crippen LogP contribution in [0.1, 0.15) is 111 Å². The van der Waals surface area contributed by atoms with Gasteiger partial charge in [-0.25, -0.2) is 4.79 Å². The standard InChI is InChI=1S/C32H52N2O5/c1-5-6-7-8-21(2)25-11-12-26-24-10-9-22-19-23(13-15-31(22,3)27(24)14-16-32(25,26)4)39-30(38)34-18-17-33-28(35)20-29(36)37/h9,21,23-27H,5-8,10-20H2,1-4H3,(H,33,35)(H,34,38)(H,36,37)/t21-,23+,24+,25-,26+,27+,31+,32-/m1/s1. The zero-order valence-corrected chi connectivity index (χ0v) is 24.7. The number of carbonyl (C=O) groups is 3. The first kappa shape index (κ1) is 29.9. The molecule has 4 aliphatic carbocycles.